The molecule has 0 amide bonds. The number of aryl methyl sites for hydroxylation is 1. The molecule has 0 saturated heterocycles. The standard InChI is InChI=1S/C18H18BrN5O2S.ClH/c1-12-7-3-4-8-14(12)22-18-20-11-13(19)17(23-18)21-15-9-5-6-10-16(15)24-27(2,25)26;/h3-11,24H,1-2H3,(H2,20,21,22,23);1H. The van der Waals surface area contributed by atoms with E-state index >= 15 is 0 Å². The van der Waals surface area contributed by atoms with Crippen LogP contribution in [0.15, 0.2) is 59.2 Å². The predicted octanol–water partition coefficient (Wildman–Crippen LogP) is 4.83. The Morgan fingerprint density at radius 3 is 2.18 bits per heavy atom. The van der Waals surface area contributed by atoms with Gasteiger partial charge >= 0.3 is 0 Å². The van der Waals surface area contributed by atoms with E-state index in [4.69, 9.17) is 0 Å². The van der Waals surface area contributed by atoms with Crippen LogP contribution in [-0.4, -0.2) is 24.6 Å². The van der Waals surface area contributed by atoms with E-state index in [0.29, 0.717) is 27.6 Å². The molecule has 1 aromatic heterocycles. The van der Waals surface area contributed by atoms with Crippen molar-refractivity contribution < 1.29 is 8.42 Å². The Balaban J connectivity index is 0.00000280. The van der Waals surface area contributed by atoms with Crippen molar-refractivity contribution in [2.75, 3.05) is 21.6 Å². The van der Waals surface area contributed by atoms with E-state index < -0.39 is 10.0 Å². The quantitative estimate of drug-likeness (QED) is 0.464. The predicted molar refractivity (Wildman–Crippen MR) is 120 cm³/mol. The van der Waals surface area contributed by atoms with Crippen molar-refractivity contribution in [1.29, 1.82) is 0 Å². The number of halogens is 2. The van der Waals surface area contributed by atoms with Crippen LogP contribution >= 0.6 is 28.3 Å². The number of nitrogens with one attached hydrogen (secondary N) is 3. The zero-order chi connectivity index (χ0) is 19.4. The SMILES string of the molecule is Cc1ccccc1Nc1ncc(Br)c(Nc2ccccc2NS(C)(=O)=O)n1.Cl. The van der Waals surface area contributed by atoms with E-state index in [2.05, 4.69) is 41.3 Å². The molecule has 0 spiro atoms. The molecule has 0 saturated carbocycles. The monoisotopic (exact) mass is 483 g/mol. The molecule has 3 aromatic rings. The van der Waals surface area contributed by atoms with E-state index in [9.17, 15) is 8.42 Å². The van der Waals surface area contributed by atoms with Crippen molar-refractivity contribution in [3.05, 3.63) is 64.8 Å². The van der Waals surface area contributed by atoms with Gasteiger partial charge in [-0.25, -0.2) is 13.4 Å². The first-order valence-corrected chi connectivity index (χ1v) is 10.7. The van der Waals surface area contributed by atoms with Gasteiger partial charge < -0.3 is 10.6 Å². The minimum absolute atomic E-state index is 0. The summed E-state index contributed by atoms with van der Waals surface area (Å²) >= 11 is 3.42. The Morgan fingerprint density at radius 2 is 1.54 bits per heavy atom. The molecule has 1 heterocycles. The second kappa shape index (κ2) is 9.22. The molecule has 0 radical (unpaired) electrons. The van der Waals surface area contributed by atoms with Crippen LogP contribution in [-0.2, 0) is 10.0 Å². The Morgan fingerprint density at radius 1 is 0.929 bits per heavy atom. The number of para-hydroxylation sites is 3. The highest BCUT2D eigenvalue weighted by atomic mass is 79.9. The van der Waals surface area contributed by atoms with Crippen LogP contribution in [0.1, 0.15) is 5.56 Å². The second-order valence-corrected chi connectivity index (χ2v) is 8.48. The van der Waals surface area contributed by atoms with E-state index in [1.165, 1.54) is 0 Å². The van der Waals surface area contributed by atoms with Crippen LogP contribution in [0, 0.1) is 6.92 Å². The summed E-state index contributed by atoms with van der Waals surface area (Å²) in [5.41, 5.74) is 2.98. The molecular weight excluding hydrogens is 466 g/mol. The molecular formula is C18H19BrClN5O2S. The zero-order valence-electron chi connectivity index (χ0n) is 15.1. The third kappa shape index (κ3) is 5.82. The first-order valence-electron chi connectivity index (χ1n) is 8.01. The summed E-state index contributed by atoms with van der Waals surface area (Å²) in [6.45, 7) is 1.99. The average molecular weight is 485 g/mol. The number of hydrogen-bond donors (Lipinski definition) is 3. The topological polar surface area (TPSA) is 96.0 Å². The lowest BCUT2D eigenvalue weighted by atomic mass is 10.2. The van der Waals surface area contributed by atoms with Crippen molar-refractivity contribution >= 4 is 67.2 Å². The summed E-state index contributed by atoms with van der Waals surface area (Å²) < 4.78 is 26.3. The number of benzene rings is 2. The molecule has 0 aliphatic heterocycles. The summed E-state index contributed by atoms with van der Waals surface area (Å²) in [5.74, 6) is 0.924. The van der Waals surface area contributed by atoms with E-state index in [1.54, 1.807) is 30.5 Å². The van der Waals surface area contributed by atoms with Crippen LogP contribution in [0.5, 0.6) is 0 Å². The second-order valence-electron chi connectivity index (χ2n) is 5.87. The minimum Gasteiger partial charge on any atom is -0.337 e. The fourth-order valence-electron chi connectivity index (χ4n) is 2.36. The van der Waals surface area contributed by atoms with Crippen LogP contribution in [0.3, 0.4) is 0 Å². The van der Waals surface area contributed by atoms with Gasteiger partial charge in [-0.2, -0.15) is 4.98 Å². The maximum atomic E-state index is 11.6. The molecule has 3 rings (SSSR count). The smallest absolute Gasteiger partial charge is 0.229 e. The normalized spacial score (nSPS) is 10.7. The lowest BCUT2D eigenvalue weighted by Gasteiger charge is -2.14. The van der Waals surface area contributed by atoms with Crippen molar-refractivity contribution in [3.8, 4) is 0 Å². The molecule has 0 aliphatic rings. The number of nitrogens with zero attached hydrogens (tertiary/aromatic N) is 2. The van der Waals surface area contributed by atoms with Gasteiger partial charge in [0.2, 0.25) is 16.0 Å². The Kier molecular flexibility index (Phi) is 7.22. The first-order chi connectivity index (χ1) is 12.8. The van der Waals surface area contributed by atoms with Gasteiger partial charge in [0.1, 0.15) is 5.82 Å². The lowest BCUT2D eigenvalue weighted by Crippen LogP contribution is -2.11. The highest BCUT2D eigenvalue weighted by Gasteiger charge is 2.11. The average Bonchev–Trinajstić information content (AvgIpc) is 2.60. The van der Waals surface area contributed by atoms with Crippen molar-refractivity contribution in [3.63, 3.8) is 0 Å². The van der Waals surface area contributed by atoms with Gasteiger partial charge in [-0.05, 0) is 46.6 Å². The van der Waals surface area contributed by atoms with Crippen LogP contribution in [0.25, 0.3) is 0 Å². The number of sulfonamides is 1. The maximum Gasteiger partial charge on any atom is 0.229 e. The van der Waals surface area contributed by atoms with Crippen molar-refractivity contribution in [2.45, 2.75) is 6.92 Å². The lowest BCUT2D eigenvalue weighted by molar-refractivity contribution is 0.607. The number of anilines is 5. The summed E-state index contributed by atoms with van der Waals surface area (Å²) in [7, 11) is -3.40. The number of hydrogen-bond acceptors (Lipinski definition) is 6. The summed E-state index contributed by atoms with van der Waals surface area (Å²) in [6.07, 6.45) is 2.73. The fraction of sp³-hybridized carbons (Fsp3) is 0.111. The molecule has 148 valence electrons. The van der Waals surface area contributed by atoms with Gasteiger partial charge in [-0.3, -0.25) is 4.72 Å². The number of rotatable bonds is 6. The Bertz CT molecular complexity index is 1080. The molecule has 0 atom stereocenters. The van der Waals surface area contributed by atoms with E-state index in [1.807, 2.05) is 31.2 Å². The van der Waals surface area contributed by atoms with Gasteiger partial charge in [0.25, 0.3) is 0 Å². The van der Waals surface area contributed by atoms with Crippen molar-refractivity contribution in [1.82, 2.24) is 9.97 Å². The van der Waals surface area contributed by atoms with Crippen LogP contribution in [0.4, 0.5) is 28.8 Å². The third-order valence-electron chi connectivity index (χ3n) is 3.61. The minimum atomic E-state index is -3.40. The molecule has 0 bridgehead atoms. The zero-order valence-corrected chi connectivity index (χ0v) is 18.3. The Labute approximate surface area is 178 Å². The first kappa shape index (κ1) is 21.9. The van der Waals surface area contributed by atoms with Crippen molar-refractivity contribution in [2.24, 2.45) is 0 Å². The molecule has 2 aromatic carbocycles. The highest BCUT2D eigenvalue weighted by Crippen LogP contribution is 2.30. The van der Waals surface area contributed by atoms with Gasteiger partial charge in [-0.1, -0.05) is 30.3 Å². The molecule has 10 heteroatoms. The van der Waals surface area contributed by atoms with Gasteiger partial charge in [0, 0.05) is 11.9 Å². The summed E-state index contributed by atoms with van der Waals surface area (Å²) in [4.78, 5) is 8.76. The number of aromatic nitrogens is 2. The fourth-order valence-corrected chi connectivity index (χ4v) is 3.22. The van der Waals surface area contributed by atoms with Gasteiger partial charge in [0.05, 0.1) is 22.1 Å². The molecule has 0 fully saturated rings. The van der Waals surface area contributed by atoms with Gasteiger partial charge in [-0.15, -0.1) is 12.4 Å². The molecule has 0 unspecified atom stereocenters. The van der Waals surface area contributed by atoms with Gasteiger partial charge in [0.15, 0.2) is 0 Å². The third-order valence-corrected chi connectivity index (χ3v) is 4.78. The molecule has 7 nitrogen and oxygen atoms in total. The van der Waals surface area contributed by atoms with Crippen LogP contribution < -0.4 is 15.4 Å². The summed E-state index contributed by atoms with van der Waals surface area (Å²) in [5, 5.41) is 6.32. The largest absolute Gasteiger partial charge is 0.337 e. The highest BCUT2D eigenvalue weighted by molar-refractivity contribution is 9.10. The van der Waals surface area contributed by atoms with E-state index in [0.717, 1.165) is 17.5 Å². The van der Waals surface area contributed by atoms with E-state index in [-0.39, 0.29) is 12.4 Å². The molecule has 0 aliphatic carbocycles. The summed E-state index contributed by atoms with van der Waals surface area (Å²) in [6, 6.07) is 14.8. The molecule has 3 N–H and O–H groups in total. The molecule has 28 heavy (non-hydrogen) atoms. The Hall–Kier alpha value is -2.36. The van der Waals surface area contributed by atoms with Crippen LogP contribution in [0.2, 0.25) is 0 Å². The maximum absolute atomic E-state index is 11.6.